The largest absolute Gasteiger partial charge is 0.369 e. The second-order valence-corrected chi connectivity index (χ2v) is 7.65. The van der Waals surface area contributed by atoms with Crippen molar-refractivity contribution < 1.29 is 13.0 Å². The number of hydrogen-bond acceptors (Lipinski definition) is 7. The Morgan fingerprint density at radius 1 is 1.19 bits per heavy atom. The maximum atomic E-state index is 11.5. The van der Waals surface area contributed by atoms with E-state index in [9.17, 15) is 18.2 Å². The minimum atomic E-state index is -4.41. The predicted octanol–water partition coefficient (Wildman–Crippen LogP) is 0.376. The van der Waals surface area contributed by atoms with E-state index in [1.807, 2.05) is 35.2 Å². The summed E-state index contributed by atoms with van der Waals surface area (Å²) in [5, 5.41) is 10.5. The summed E-state index contributed by atoms with van der Waals surface area (Å²) in [5.41, 5.74) is 8.35. The zero-order valence-electron chi connectivity index (χ0n) is 14.2. The highest BCUT2D eigenvalue weighted by Gasteiger charge is 2.33. The predicted molar refractivity (Wildman–Crippen MR) is 98.4 cm³/mol. The first kappa shape index (κ1) is 18.3. The number of nitriles is 1. The molecule has 9 heteroatoms. The monoisotopic (exact) mass is 375 g/mol. The van der Waals surface area contributed by atoms with E-state index < -0.39 is 15.5 Å². The van der Waals surface area contributed by atoms with Crippen molar-refractivity contribution in [2.45, 2.75) is 11.9 Å². The Balaban J connectivity index is 1.75. The van der Waals surface area contributed by atoms with Gasteiger partial charge in [0.05, 0.1) is 11.3 Å². The summed E-state index contributed by atoms with van der Waals surface area (Å²) in [6, 6.07) is 10.0. The zero-order valence-corrected chi connectivity index (χ0v) is 15.0. The lowest BCUT2D eigenvalue weighted by molar-refractivity contribution is 0.325. The zero-order chi connectivity index (χ0) is 18.7. The fourth-order valence-electron chi connectivity index (χ4n) is 3.20. The normalized spacial score (nSPS) is 20.7. The molecule has 0 aromatic heterocycles. The number of anilines is 1. The molecule has 1 aromatic rings. The summed E-state index contributed by atoms with van der Waals surface area (Å²) < 4.78 is 32.4. The third-order valence-corrected chi connectivity index (χ3v) is 5.57. The van der Waals surface area contributed by atoms with E-state index in [1.54, 1.807) is 6.08 Å². The van der Waals surface area contributed by atoms with Crippen molar-refractivity contribution in [2.24, 2.45) is 5.73 Å². The van der Waals surface area contributed by atoms with Gasteiger partial charge in [-0.15, -0.1) is 0 Å². The number of rotatable bonds is 4. The van der Waals surface area contributed by atoms with Crippen LogP contribution in [0.15, 0.2) is 47.8 Å². The topological polar surface area (TPSA) is 123 Å². The molecule has 0 aliphatic carbocycles. The van der Waals surface area contributed by atoms with E-state index in [0.29, 0.717) is 25.3 Å². The SMILES string of the molecule is N#CC1=C(N2CCN(c3ccc(CN)cc3)CC2)C=CNC1S(=O)(=O)O. The maximum Gasteiger partial charge on any atom is 0.291 e. The molecule has 2 aliphatic heterocycles. The van der Waals surface area contributed by atoms with E-state index >= 15 is 0 Å². The van der Waals surface area contributed by atoms with Crippen LogP contribution in [0.3, 0.4) is 0 Å². The molecule has 0 amide bonds. The van der Waals surface area contributed by atoms with Crippen LogP contribution in [0.25, 0.3) is 0 Å². The van der Waals surface area contributed by atoms with Crippen LogP contribution in [0.5, 0.6) is 0 Å². The molecule has 26 heavy (non-hydrogen) atoms. The van der Waals surface area contributed by atoms with Crippen molar-refractivity contribution in [2.75, 3.05) is 31.1 Å². The van der Waals surface area contributed by atoms with Crippen LogP contribution in [0.4, 0.5) is 5.69 Å². The quantitative estimate of drug-likeness (QED) is 0.646. The Hall–Kier alpha value is -2.54. The molecule has 138 valence electrons. The molecule has 3 rings (SSSR count). The Labute approximate surface area is 152 Å². The number of hydrogen-bond donors (Lipinski definition) is 3. The number of benzene rings is 1. The van der Waals surface area contributed by atoms with Gasteiger partial charge in [-0.25, -0.2) is 0 Å². The van der Waals surface area contributed by atoms with E-state index in [2.05, 4.69) is 10.2 Å². The molecule has 4 N–H and O–H groups in total. The first-order valence-corrected chi connectivity index (χ1v) is 9.76. The van der Waals surface area contributed by atoms with Crippen LogP contribution in [0.2, 0.25) is 0 Å². The molecular weight excluding hydrogens is 354 g/mol. The molecule has 1 atom stereocenters. The number of dihydropyridines is 1. The van der Waals surface area contributed by atoms with Crippen molar-refractivity contribution in [3.05, 3.63) is 53.4 Å². The number of piperazine rings is 1. The van der Waals surface area contributed by atoms with Crippen LogP contribution in [-0.2, 0) is 16.7 Å². The molecule has 0 spiro atoms. The van der Waals surface area contributed by atoms with Crippen molar-refractivity contribution in [1.29, 1.82) is 5.26 Å². The van der Waals surface area contributed by atoms with E-state index in [1.165, 1.54) is 6.20 Å². The second kappa shape index (κ2) is 7.37. The highest BCUT2D eigenvalue weighted by Crippen LogP contribution is 2.24. The van der Waals surface area contributed by atoms with Crippen LogP contribution in [0, 0.1) is 11.3 Å². The Kier molecular flexibility index (Phi) is 5.18. The lowest BCUT2D eigenvalue weighted by Crippen LogP contribution is -2.47. The Morgan fingerprint density at radius 2 is 1.81 bits per heavy atom. The van der Waals surface area contributed by atoms with Crippen LogP contribution >= 0.6 is 0 Å². The summed E-state index contributed by atoms with van der Waals surface area (Å²) >= 11 is 0. The highest BCUT2D eigenvalue weighted by atomic mass is 32.2. The van der Waals surface area contributed by atoms with Gasteiger partial charge in [0.25, 0.3) is 10.1 Å². The molecule has 1 fully saturated rings. The first-order chi connectivity index (χ1) is 12.4. The van der Waals surface area contributed by atoms with Crippen LogP contribution in [0.1, 0.15) is 5.56 Å². The molecule has 1 saturated heterocycles. The molecule has 0 bridgehead atoms. The van der Waals surface area contributed by atoms with Gasteiger partial charge in [0.1, 0.15) is 6.07 Å². The van der Waals surface area contributed by atoms with Gasteiger partial charge in [-0.05, 0) is 30.0 Å². The van der Waals surface area contributed by atoms with E-state index in [-0.39, 0.29) is 5.57 Å². The average Bonchev–Trinajstić information content (AvgIpc) is 2.67. The van der Waals surface area contributed by atoms with Gasteiger partial charge in [0, 0.05) is 38.4 Å². The van der Waals surface area contributed by atoms with Crippen molar-refractivity contribution >= 4 is 15.8 Å². The van der Waals surface area contributed by atoms with Gasteiger partial charge < -0.3 is 20.9 Å². The Bertz CT molecular complexity index is 863. The maximum absolute atomic E-state index is 11.5. The lowest BCUT2D eigenvalue weighted by Gasteiger charge is -2.39. The van der Waals surface area contributed by atoms with E-state index in [4.69, 9.17) is 5.73 Å². The standard InChI is InChI=1S/C17H21N5O3S/c18-11-13-1-3-14(4-2-13)21-7-9-22(10-8-21)16-5-6-20-17(15(16)12-19)26(23,24)25/h1-6,17,20H,7-11,18H2,(H,23,24,25). The fraction of sp³-hybridized carbons (Fsp3) is 0.353. The van der Waals surface area contributed by atoms with Crippen molar-refractivity contribution in [3.8, 4) is 6.07 Å². The van der Waals surface area contributed by atoms with Crippen LogP contribution in [-0.4, -0.2) is 49.4 Å². The summed E-state index contributed by atoms with van der Waals surface area (Å²) in [7, 11) is -4.41. The molecule has 2 aliphatic rings. The third-order valence-electron chi connectivity index (χ3n) is 4.60. The number of nitrogens with zero attached hydrogens (tertiary/aromatic N) is 3. The van der Waals surface area contributed by atoms with Crippen LogP contribution < -0.4 is 16.0 Å². The lowest BCUT2D eigenvalue weighted by atomic mass is 10.1. The summed E-state index contributed by atoms with van der Waals surface area (Å²) in [6.07, 6.45) is 3.12. The molecule has 2 heterocycles. The van der Waals surface area contributed by atoms with Gasteiger partial charge in [-0.1, -0.05) is 12.1 Å². The van der Waals surface area contributed by atoms with Crippen molar-refractivity contribution in [1.82, 2.24) is 10.2 Å². The van der Waals surface area contributed by atoms with Gasteiger partial charge in [0.15, 0.2) is 5.37 Å². The number of allylic oxidation sites excluding steroid dienone is 1. The molecule has 0 saturated carbocycles. The summed E-state index contributed by atoms with van der Waals surface area (Å²) in [6.45, 7) is 3.27. The Morgan fingerprint density at radius 3 is 2.35 bits per heavy atom. The molecular formula is C17H21N5O3S. The molecule has 1 unspecified atom stereocenters. The highest BCUT2D eigenvalue weighted by molar-refractivity contribution is 7.86. The van der Waals surface area contributed by atoms with Crippen molar-refractivity contribution in [3.63, 3.8) is 0 Å². The van der Waals surface area contributed by atoms with Gasteiger partial charge >= 0.3 is 0 Å². The number of nitrogens with one attached hydrogen (secondary N) is 1. The van der Waals surface area contributed by atoms with Gasteiger partial charge in [-0.2, -0.15) is 13.7 Å². The minimum Gasteiger partial charge on any atom is -0.369 e. The molecule has 1 aromatic carbocycles. The number of nitrogens with two attached hydrogens (primary N) is 1. The molecule has 0 radical (unpaired) electrons. The van der Waals surface area contributed by atoms with Gasteiger partial charge in [0.2, 0.25) is 0 Å². The van der Waals surface area contributed by atoms with E-state index in [0.717, 1.165) is 24.3 Å². The molecule has 8 nitrogen and oxygen atoms in total. The smallest absolute Gasteiger partial charge is 0.291 e. The fourth-order valence-corrected chi connectivity index (χ4v) is 3.92. The minimum absolute atomic E-state index is 0.00995. The summed E-state index contributed by atoms with van der Waals surface area (Å²) in [5.74, 6) is 0. The second-order valence-electron chi connectivity index (χ2n) is 6.15. The first-order valence-electron chi connectivity index (χ1n) is 8.26. The summed E-state index contributed by atoms with van der Waals surface area (Å²) in [4.78, 5) is 4.20. The third kappa shape index (κ3) is 3.67. The average molecular weight is 375 g/mol. The van der Waals surface area contributed by atoms with Gasteiger partial charge in [-0.3, -0.25) is 4.55 Å².